The average Bonchev–Trinajstić information content (AvgIpc) is 3.25. The molecule has 0 atom stereocenters. The lowest BCUT2D eigenvalue weighted by Crippen LogP contribution is -2.35. The third kappa shape index (κ3) is 5.52. The number of carbonyl (C=O) groups excluding carboxylic acids is 1. The van der Waals surface area contributed by atoms with E-state index >= 15 is 0 Å². The predicted molar refractivity (Wildman–Crippen MR) is 116 cm³/mol. The van der Waals surface area contributed by atoms with E-state index in [1.807, 2.05) is 24.3 Å². The highest BCUT2D eigenvalue weighted by atomic mass is 32.2. The van der Waals surface area contributed by atoms with Crippen molar-refractivity contribution in [1.29, 1.82) is 0 Å². The smallest absolute Gasteiger partial charge is 0.315 e. The molecule has 8 heteroatoms. The summed E-state index contributed by atoms with van der Waals surface area (Å²) in [5.74, 6) is 0.798. The van der Waals surface area contributed by atoms with Crippen molar-refractivity contribution < 1.29 is 17.9 Å². The summed E-state index contributed by atoms with van der Waals surface area (Å²) in [4.78, 5) is 12.5. The quantitative estimate of drug-likeness (QED) is 0.672. The minimum absolute atomic E-state index is 0.106. The molecule has 2 aromatic rings. The molecule has 0 unspecified atom stereocenters. The number of urea groups is 1. The molecule has 162 valence electrons. The van der Waals surface area contributed by atoms with Crippen LogP contribution in [0.1, 0.15) is 36.8 Å². The second-order valence-corrected chi connectivity index (χ2v) is 9.68. The van der Waals surface area contributed by atoms with Crippen LogP contribution >= 0.6 is 0 Å². The number of sulfonamides is 1. The molecule has 0 heterocycles. The maximum atomic E-state index is 12.5. The summed E-state index contributed by atoms with van der Waals surface area (Å²) in [5.41, 5.74) is 1.45. The van der Waals surface area contributed by atoms with Crippen molar-refractivity contribution in [3.8, 4) is 5.75 Å². The minimum Gasteiger partial charge on any atom is -0.490 e. The molecule has 2 amide bonds. The maximum Gasteiger partial charge on any atom is 0.315 e. The Bertz CT molecular complexity index is 970. The number of amides is 2. The van der Waals surface area contributed by atoms with Gasteiger partial charge in [-0.05, 0) is 43.4 Å². The molecule has 1 aliphatic carbocycles. The maximum absolute atomic E-state index is 12.5. The molecule has 1 fully saturated rings. The van der Waals surface area contributed by atoms with E-state index in [0.717, 1.165) is 28.5 Å². The van der Waals surface area contributed by atoms with Gasteiger partial charge in [0.2, 0.25) is 10.0 Å². The molecule has 0 radical (unpaired) electrons. The zero-order valence-corrected chi connectivity index (χ0v) is 18.2. The molecule has 30 heavy (non-hydrogen) atoms. The van der Waals surface area contributed by atoms with Gasteiger partial charge >= 0.3 is 6.03 Å². The molecule has 2 aromatic carbocycles. The van der Waals surface area contributed by atoms with Crippen LogP contribution in [-0.4, -0.2) is 39.0 Å². The van der Waals surface area contributed by atoms with Gasteiger partial charge in [-0.1, -0.05) is 36.4 Å². The molecule has 7 nitrogen and oxygen atoms in total. The molecule has 1 aliphatic rings. The van der Waals surface area contributed by atoms with Gasteiger partial charge in [0.1, 0.15) is 5.75 Å². The normalized spacial score (nSPS) is 14.6. The van der Waals surface area contributed by atoms with Gasteiger partial charge < -0.3 is 15.4 Å². The summed E-state index contributed by atoms with van der Waals surface area (Å²) in [5, 5.41) is 5.56. The van der Waals surface area contributed by atoms with Gasteiger partial charge in [0, 0.05) is 32.7 Å². The van der Waals surface area contributed by atoms with Gasteiger partial charge in [0.15, 0.2) is 0 Å². The van der Waals surface area contributed by atoms with Crippen LogP contribution in [0.15, 0.2) is 53.4 Å². The lowest BCUT2D eigenvalue weighted by Gasteiger charge is -2.17. The van der Waals surface area contributed by atoms with E-state index in [1.54, 1.807) is 24.3 Å². The van der Waals surface area contributed by atoms with Crippen molar-refractivity contribution >= 4 is 16.1 Å². The number of para-hydroxylation sites is 1. The highest BCUT2D eigenvalue weighted by Gasteiger charge is 2.21. The summed E-state index contributed by atoms with van der Waals surface area (Å²) in [7, 11) is -0.616. The summed E-state index contributed by atoms with van der Waals surface area (Å²) in [6.07, 6.45) is 4.77. The Morgan fingerprint density at radius 3 is 2.20 bits per heavy atom. The number of rotatable bonds is 8. The van der Waals surface area contributed by atoms with Crippen molar-refractivity contribution in [2.75, 3.05) is 14.1 Å². The van der Waals surface area contributed by atoms with Crippen LogP contribution in [0.25, 0.3) is 0 Å². The number of benzene rings is 2. The molecule has 0 bridgehead atoms. The number of hydrogen-bond acceptors (Lipinski definition) is 4. The topological polar surface area (TPSA) is 87.7 Å². The van der Waals surface area contributed by atoms with E-state index in [-0.39, 0.29) is 23.6 Å². The van der Waals surface area contributed by atoms with Crippen LogP contribution < -0.4 is 15.4 Å². The van der Waals surface area contributed by atoms with Gasteiger partial charge in [-0.2, -0.15) is 0 Å². The van der Waals surface area contributed by atoms with E-state index in [2.05, 4.69) is 10.6 Å². The molecule has 0 aromatic heterocycles. The minimum atomic E-state index is -3.58. The Labute approximate surface area is 178 Å². The highest BCUT2D eigenvalue weighted by molar-refractivity contribution is 7.89. The predicted octanol–water partition coefficient (Wildman–Crippen LogP) is 3.26. The van der Waals surface area contributed by atoms with Crippen LogP contribution in [0.5, 0.6) is 5.75 Å². The molecule has 0 spiro atoms. The third-order valence-electron chi connectivity index (χ3n) is 5.18. The van der Waals surface area contributed by atoms with Crippen molar-refractivity contribution in [2.45, 2.75) is 49.8 Å². The van der Waals surface area contributed by atoms with Crippen molar-refractivity contribution in [2.24, 2.45) is 0 Å². The number of carbonyl (C=O) groups is 1. The van der Waals surface area contributed by atoms with Crippen LogP contribution in [0.2, 0.25) is 0 Å². The number of nitrogens with one attached hydrogen (secondary N) is 2. The second-order valence-electron chi connectivity index (χ2n) is 7.56. The first kappa shape index (κ1) is 22.1. The first-order valence-electron chi connectivity index (χ1n) is 10.1. The van der Waals surface area contributed by atoms with Crippen molar-refractivity contribution in [3.05, 3.63) is 59.7 Å². The molecule has 0 aliphatic heterocycles. The van der Waals surface area contributed by atoms with Crippen LogP contribution in [0.4, 0.5) is 4.79 Å². The zero-order valence-electron chi connectivity index (χ0n) is 17.4. The van der Waals surface area contributed by atoms with Gasteiger partial charge in [-0.15, -0.1) is 0 Å². The van der Waals surface area contributed by atoms with E-state index in [4.69, 9.17) is 4.74 Å². The monoisotopic (exact) mass is 431 g/mol. The van der Waals surface area contributed by atoms with Crippen molar-refractivity contribution in [3.63, 3.8) is 0 Å². The fraction of sp³-hybridized carbons (Fsp3) is 0.409. The highest BCUT2D eigenvalue weighted by Crippen LogP contribution is 2.26. The van der Waals surface area contributed by atoms with E-state index in [1.165, 1.54) is 26.9 Å². The number of ether oxygens (including phenoxy) is 1. The molecule has 2 N–H and O–H groups in total. The Hall–Kier alpha value is -2.58. The van der Waals surface area contributed by atoms with Gasteiger partial charge in [0.25, 0.3) is 0 Å². The lowest BCUT2D eigenvalue weighted by molar-refractivity contribution is 0.207. The van der Waals surface area contributed by atoms with Crippen molar-refractivity contribution in [1.82, 2.24) is 14.9 Å². The SMILES string of the molecule is CN(C)S(=O)(=O)c1ccccc1CNC(=O)NCc1ccccc1OC1CCCC1. The molecule has 3 rings (SSSR count). The molecular weight excluding hydrogens is 402 g/mol. The Kier molecular flexibility index (Phi) is 7.33. The molecule has 0 saturated heterocycles. The molecular formula is C22H29N3O4S. The molecule has 1 saturated carbocycles. The summed E-state index contributed by atoms with van der Waals surface area (Å²) >= 11 is 0. The Balaban J connectivity index is 1.58. The Morgan fingerprint density at radius 2 is 1.53 bits per heavy atom. The second kappa shape index (κ2) is 9.95. The van der Waals surface area contributed by atoms with Gasteiger partial charge in [0.05, 0.1) is 11.0 Å². The van der Waals surface area contributed by atoms with Crippen LogP contribution in [0, 0.1) is 0 Å². The van der Waals surface area contributed by atoms with Gasteiger partial charge in [-0.3, -0.25) is 0 Å². The lowest BCUT2D eigenvalue weighted by atomic mass is 10.2. The fourth-order valence-electron chi connectivity index (χ4n) is 3.46. The summed E-state index contributed by atoms with van der Waals surface area (Å²) in [6, 6.07) is 14.0. The Morgan fingerprint density at radius 1 is 0.967 bits per heavy atom. The summed E-state index contributed by atoms with van der Waals surface area (Å²) in [6.45, 7) is 0.432. The zero-order chi connectivity index (χ0) is 21.6. The van der Waals surface area contributed by atoms with Gasteiger partial charge in [-0.25, -0.2) is 17.5 Å². The summed E-state index contributed by atoms with van der Waals surface area (Å²) < 4.78 is 32.2. The number of nitrogens with zero attached hydrogens (tertiary/aromatic N) is 1. The van der Waals surface area contributed by atoms with E-state index < -0.39 is 10.0 Å². The largest absolute Gasteiger partial charge is 0.490 e. The third-order valence-corrected chi connectivity index (χ3v) is 7.09. The van der Waals surface area contributed by atoms with Crippen LogP contribution in [-0.2, 0) is 23.1 Å². The van der Waals surface area contributed by atoms with E-state index in [9.17, 15) is 13.2 Å². The fourth-order valence-corrected chi connectivity index (χ4v) is 4.58. The average molecular weight is 432 g/mol. The standard InChI is InChI=1S/C22H29N3O4S/c1-25(2)30(27,28)21-14-8-4-10-18(21)16-24-22(26)23-15-17-9-3-7-13-20(17)29-19-11-5-6-12-19/h3-4,7-10,13-14,19H,5-6,11-12,15-16H2,1-2H3,(H2,23,24,26). The van der Waals surface area contributed by atoms with E-state index in [0.29, 0.717) is 12.1 Å². The number of hydrogen-bond donors (Lipinski definition) is 2. The first-order valence-corrected chi connectivity index (χ1v) is 11.6. The first-order chi connectivity index (χ1) is 14.4. The van der Waals surface area contributed by atoms with Crippen LogP contribution in [0.3, 0.4) is 0 Å².